The van der Waals surface area contributed by atoms with Crippen molar-refractivity contribution in [1.29, 1.82) is 0 Å². The van der Waals surface area contributed by atoms with Gasteiger partial charge in [0.05, 0.1) is 0 Å². The Morgan fingerprint density at radius 3 is 2.91 bits per heavy atom. The van der Waals surface area contributed by atoms with Crippen LogP contribution in [0.15, 0.2) is 45.9 Å². The van der Waals surface area contributed by atoms with Crippen LogP contribution in [-0.4, -0.2) is 17.2 Å². The number of rotatable bonds is 1. The van der Waals surface area contributed by atoms with Crippen LogP contribution in [0, 0.1) is 5.92 Å². The molecule has 23 heavy (non-hydrogen) atoms. The third-order valence-electron chi connectivity index (χ3n) is 4.50. The molecule has 1 N–H and O–H groups in total. The van der Waals surface area contributed by atoms with Gasteiger partial charge in [0, 0.05) is 17.9 Å². The quantitative estimate of drug-likeness (QED) is 0.630. The van der Waals surface area contributed by atoms with Crippen LogP contribution in [0.5, 0.6) is 0 Å². The second-order valence-corrected chi connectivity index (χ2v) is 6.51. The zero-order valence-electron chi connectivity index (χ0n) is 13.5. The molecule has 3 atom stereocenters. The van der Waals surface area contributed by atoms with E-state index in [0.29, 0.717) is 36.4 Å². The minimum atomic E-state index is -0.760. The van der Waals surface area contributed by atoms with E-state index in [4.69, 9.17) is 9.15 Å². The Hall–Kier alpha value is -2.07. The average molecular weight is 314 g/mol. The summed E-state index contributed by atoms with van der Waals surface area (Å²) in [5.41, 5.74) is 2.63. The number of furan rings is 1. The van der Waals surface area contributed by atoms with Gasteiger partial charge < -0.3 is 14.3 Å². The normalized spacial score (nSPS) is 30.2. The highest BCUT2D eigenvalue weighted by molar-refractivity contribution is 5.90. The summed E-state index contributed by atoms with van der Waals surface area (Å²) < 4.78 is 11.2. The van der Waals surface area contributed by atoms with E-state index in [1.807, 2.05) is 32.1 Å². The van der Waals surface area contributed by atoms with Gasteiger partial charge in [-0.3, -0.25) is 0 Å². The summed E-state index contributed by atoms with van der Waals surface area (Å²) in [7, 11) is 0. The van der Waals surface area contributed by atoms with Crippen molar-refractivity contribution >= 4 is 12.0 Å². The first-order valence-electron chi connectivity index (χ1n) is 7.96. The molecule has 4 heteroatoms. The fourth-order valence-corrected chi connectivity index (χ4v) is 3.23. The number of aliphatic hydroxyl groups excluding tert-OH is 1. The van der Waals surface area contributed by atoms with Gasteiger partial charge in [0.2, 0.25) is 0 Å². The molecule has 1 aromatic rings. The number of hydrogen-bond donors (Lipinski definition) is 1. The lowest BCUT2D eigenvalue weighted by Crippen LogP contribution is -2.14. The first kappa shape index (κ1) is 15.8. The lowest BCUT2D eigenvalue weighted by atomic mass is 9.87. The molecule has 4 bridgehead atoms. The molecule has 4 nitrogen and oxygen atoms in total. The van der Waals surface area contributed by atoms with Gasteiger partial charge in [-0.2, -0.15) is 0 Å². The van der Waals surface area contributed by atoms with Gasteiger partial charge in [0.1, 0.15) is 23.7 Å². The van der Waals surface area contributed by atoms with Gasteiger partial charge in [-0.05, 0) is 51.0 Å². The molecule has 1 aromatic heterocycles. The molecule has 0 fully saturated rings. The van der Waals surface area contributed by atoms with E-state index in [0.717, 1.165) is 11.1 Å². The molecule has 0 aliphatic carbocycles. The van der Waals surface area contributed by atoms with Gasteiger partial charge in [-0.1, -0.05) is 17.7 Å². The van der Waals surface area contributed by atoms with Crippen LogP contribution >= 0.6 is 0 Å². The highest BCUT2D eigenvalue weighted by Gasteiger charge is 2.29. The average Bonchev–Trinajstić information content (AvgIpc) is 3.05. The number of aliphatic hydroxyl groups is 1. The van der Waals surface area contributed by atoms with E-state index < -0.39 is 6.10 Å². The summed E-state index contributed by atoms with van der Waals surface area (Å²) in [6.45, 7) is 7.86. The molecule has 3 rings (SSSR count). The Kier molecular flexibility index (Phi) is 4.26. The lowest BCUT2D eigenvalue weighted by molar-refractivity contribution is -0.139. The van der Waals surface area contributed by atoms with E-state index in [-0.39, 0.29) is 18.0 Å². The molecule has 0 unspecified atom stereocenters. The predicted octanol–water partition coefficient (Wildman–Crippen LogP) is 3.94. The fourth-order valence-electron chi connectivity index (χ4n) is 3.23. The first-order chi connectivity index (χ1) is 10.9. The second-order valence-electron chi connectivity index (χ2n) is 6.51. The third kappa shape index (κ3) is 3.32. The van der Waals surface area contributed by atoms with E-state index in [9.17, 15) is 9.90 Å². The number of ether oxygens (including phenoxy) is 1. The minimum Gasteiger partial charge on any atom is -0.459 e. The monoisotopic (exact) mass is 314 g/mol. The van der Waals surface area contributed by atoms with E-state index in [2.05, 4.69) is 6.58 Å². The Bertz CT molecular complexity index is 692. The summed E-state index contributed by atoms with van der Waals surface area (Å²) in [5.74, 6) is 0.836. The van der Waals surface area contributed by atoms with Gasteiger partial charge in [0.25, 0.3) is 0 Å². The lowest BCUT2D eigenvalue weighted by Gasteiger charge is -2.21. The van der Waals surface area contributed by atoms with Gasteiger partial charge in [-0.15, -0.1) is 0 Å². The van der Waals surface area contributed by atoms with Crippen LogP contribution in [0.2, 0.25) is 0 Å². The molecule has 0 saturated carbocycles. The topological polar surface area (TPSA) is 59.7 Å². The molecular weight excluding hydrogens is 292 g/mol. The van der Waals surface area contributed by atoms with Crippen molar-refractivity contribution in [3.8, 4) is 0 Å². The summed E-state index contributed by atoms with van der Waals surface area (Å²) >= 11 is 0. The predicted molar refractivity (Wildman–Crippen MR) is 87.4 cm³/mol. The first-order valence-corrected chi connectivity index (χ1v) is 7.96. The van der Waals surface area contributed by atoms with Crippen molar-refractivity contribution in [2.45, 2.75) is 45.3 Å². The maximum Gasteiger partial charge on any atom is 0.334 e. The van der Waals surface area contributed by atoms with E-state index >= 15 is 0 Å². The standard InChI is InChI=1S/C19H22O4/c1-11(2)16-6-4-13-10-15(23-19(13)21)9-12(3)8-14-5-7-17(22-14)18(16)20/h5,7-8,10,15-16,18,20H,1,4,6,9H2,2-3H3/b12-8-/t15-,16-,18-/m0/s1. The van der Waals surface area contributed by atoms with Gasteiger partial charge >= 0.3 is 5.97 Å². The molecule has 0 spiro atoms. The summed E-state index contributed by atoms with van der Waals surface area (Å²) in [6.07, 6.45) is 4.71. The Labute approximate surface area is 136 Å². The molecule has 2 aliphatic heterocycles. The number of hydrogen-bond acceptors (Lipinski definition) is 4. The smallest absolute Gasteiger partial charge is 0.334 e. The molecule has 0 aromatic carbocycles. The van der Waals surface area contributed by atoms with Crippen LogP contribution in [0.4, 0.5) is 0 Å². The molecule has 3 heterocycles. The summed E-state index contributed by atoms with van der Waals surface area (Å²) in [4.78, 5) is 12.0. The van der Waals surface area contributed by atoms with Crippen LogP contribution in [0.1, 0.15) is 50.7 Å². The molecule has 0 amide bonds. The third-order valence-corrected chi connectivity index (χ3v) is 4.50. The number of carbonyl (C=O) groups is 1. The van der Waals surface area contributed by atoms with Crippen molar-refractivity contribution in [3.63, 3.8) is 0 Å². The highest BCUT2D eigenvalue weighted by Crippen LogP contribution is 2.35. The molecule has 0 saturated heterocycles. The minimum absolute atomic E-state index is 0.160. The van der Waals surface area contributed by atoms with Gasteiger partial charge in [-0.25, -0.2) is 4.79 Å². The van der Waals surface area contributed by atoms with Crippen LogP contribution in [-0.2, 0) is 9.53 Å². The van der Waals surface area contributed by atoms with Crippen LogP contribution in [0.3, 0.4) is 0 Å². The number of fused-ring (bicyclic) bond motifs is 3. The van der Waals surface area contributed by atoms with Crippen LogP contribution < -0.4 is 0 Å². The number of esters is 1. The molecule has 2 aliphatic rings. The SMILES string of the molecule is C=C(C)[C@@H]1CCC2=C[C@H](C/C(C)=C\c3ccc(o3)[C@H]1O)OC2=O. The summed E-state index contributed by atoms with van der Waals surface area (Å²) in [5, 5.41) is 10.6. The molecule has 122 valence electrons. The maximum atomic E-state index is 12.0. The van der Waals surface area contributed by atoms with Crippen molar-refractivity contribution in [2.75, 3.05) is 0 Å². The summed E-state index contributed by atoms with van der Waals surface area (Å²) in [6, 6.07) is 3.66. The number of carbonyl (C=O) groups excluding carboxylic acids is 1. The van der Waals surface area contributed by atoms with Crippen molar-refractivity contribution in [3.05, 3.63) is 53.0 Å². The molecule has 0 radical (unpaired) electrons. The van der Waals surface area contributed by atoms with E-state index in [1.165, 1.54) is 0 Å². The Morgan fingerprint density at radius 2 is 2.17 bits per heavy atom. The van der Waals surface area contributed by atoms with Crippen molar-refractivity contribution < 1.29 is 19.1 Å². The van der Waals surface area contributed by atoms with E-state index in [1.54, 1.807) is 6.07 Å². The largest absolute Gasteiger partial charge is 0.459 e. The van der Waals surface area contributed by atoms with Crippen LogP contribution in [0.25, 0.3) is 6.08 Å². The zero-order valence-corrected chi connectivity index (χ0v) is 13.5. The maximum absolute atomic E-state index is 12.0. The fraction of sp³-hybridized carbons (Fsp3) is 0.421. The van der Waals surface area contributed by atoms with Gasteiger partial charge in [0.15, 0.2) is 0 Å². The molecular formula is C19H22O4. The Balaban J connectivity index is 1.97. The highest BCUT2D eigenvalue weighted by atomic mass is 16.5. The Morgan fingerprint density at radius 1 is 1.39 bits per heavy atom. The van der Waals surface area contributed by atoms with Crippen molar-refractivity contribution in [2.24, 2.45) is 5.92 Å². The second kappa shape index (κ2) is 6.20. The zero-order chi connectivity index (χ0) is 16.6. The van der Waals surface area contributed by atoms with Crippen molar-refractivity contribution in [1.82, 2.24) is 0 Å².